The molecule has 0 aliphatic heterocycles. The van der Waals surface area contributed by atoms with Gasteiger partial charge in [-0.1, -0.05) is 13.8 Å². The summed E-state index contributed by atoms with van der Waals surface area (Å²) in [5.74, 6) is 0. The first kappa shape index (κ1) is 12.8. The van der Waals surface area contributed by atoms with Crippen LogP contribution in [0, 0.1) is 0 Å². The summed E-state index contributed by atoms with van der Waals surface area (Å²) in [6, 6.07) is 0. The van der Waals surface area contributed by atoms with Gasteiger partial charge in [0.05, 0.1) is 6.61 Å². The molecule has 13 heavy (non-hydrogen) atoms. The Morgan fingerprint density at radius 1 is 1.38 bits per heavy atom. The highest BCUT2D eigenvalue weighted by Crippen LogP contribution is 2.20. The predicted molar refractivity (Wildman–Crippen MR) is 49.2 cm³/mol. The normalized spacial score (nSPS) is 16.2. The number of hydrogen-bond acceptors (Lipinski definition) is 2. The zero-order valence-electron chi connectivity index (χ0n) is 8.57. The van der Waals surface area contributed by atoms with Crippen LogP contribution in [0.25, 0.3) is 0 Å². The van der Waals surface area contributed by atoms with Gasteiger partial charge >= 0.3 is 0 Å². The number of hydrogen-bond donors (Lipinski definition) is 1. The number of rotatable bonds is 7. The third-order valence-corrected chi connectivity index (χ3v) is 2.18. The molecular formula is C9H19F2NO. The second-order valence-electron chi connectivity index (χ2n) is 3.17. The van der Waals surface area contributed by atoms with E-state index in [0.29, 0.717) is 13.0 Å². The van der Waals surface area contributed by atoms with E-state index in [2.05, 4.69) is 5.32 Å². The molecule has 0 radical (unpaired) electrons. The highest BCUT2D eigenvalue weighted by Gasteiger charge is 2.37. The lowest BCUT2D eigenvalue weighted by atomic mass is 9.97. The fourth-order valence-corrected chi connectivity index (χ4v) is 1.20. The molecule has 0 fully saturated rings. The van der Waals surface area contributed by atoms with Gasteiger partial charge in [-0.05, 0) is 19.4 Å². The summed E-state index contributed by atoms with van der Waals surface area (Å²) in [6.45, 7) is 4.35. The van der Waals surface area contributed by atoms with Crippen LogP contribution in [0.3, 0.4) is 0 Å². The fraction of sp³-hybridized carbons (Fsp3) is 1.00. The molecule has 0 heterocycles. The molecule has 0 bridgehead atoms. The summed E-state index contributed by atoms with van der Waals surface area (Å²) in [6.07, 6.45) is -1.17. The topological polar surface area (TPSA) is 21.3 Å². The van der Waals surface area contributed by atoms with Gasteiger partial charge in [0.15, 0.2) is 0 Å². The summed E-state index contributed by atoms with van der Waals surface area (Å²) in [5, 5.41) is 2.86. The van der Waals surface area contributed by atoms with Crippen molar-refractivity contribution in [2.75, 3.05) is 20.3 Å². The first-order valence-corrected chi connectivity index (χ1v) is 4.65. The Bertz CT molecular complexity index is 133. The van der Waals surface area contributed by atoms with Crippen LogP contribution in [0.5, 0.6) is 0 Å². The van der Waals surface area contributed by atoms with Crippen LogP contribution in [0.1, 0.15) is 26.7 Å². The zero-order valence-corrected chi connectivity index (χ0v) is 8.57. The Labute approximate surface area is 78.7 Å². The average molecular weight is 195 g/mol. The van der Waals surface area contributed by atoms with E-state index in [1.54, 1.807) is 6.92 Å². The first-order valence-electron chi connectivity index (χ1n) is 4.65. The molecule has 4 heteroatoms. The first-order chi connectivity index (χ1) is 6.13. The molecule has 1 unspecified atom stereocenters. The Balaban J connectivity index is 4.26. The third-order valence-electron chi connectivity index (χ3n) is 2.18. The van der Waals surface area contributed by atoms with Crippen molar-refractivity contribution in [2.24, 2.45) is 0 Å². The van der Waals surface area contributed by atoms with E-state index in [4.69, 9.17) is 4.74 Å². The summed E-state index contributed by atoms with van der Waals surface area (Å²) < 4.78 is 30.3. The van der Waals surface area contributed by atoms with Crippen LogP contribution >= 0.6 is 0 Å². The zero-order chi connectivity index (χ0) is 10.3. The summed E-state index contributed by atoms with van der Waals surface area (Å²) in [4.78, 5) is 0. The van der Waals surface area contributed by atoms with Crippen molar-refractivity contribution < 1.29 is 13.5 Å². The van der Waals surface area contributed by atoms with Gasteiger partial charge in [-0.15, -0.1) is 0 Å². The molecule has 0 rings (SSSR count). The van der Waals surface area contributed by atoms with E-state index in [1.807, 2.05) is 6.92 Å². The number of alkyl halides is 2. The molecule has 80 valence electrons. The molecular weight excluding hydrogens is 176 g/mol. The van der Waals surface area contributed by atoms with Crippen molar-refractivity contribution in [3.63, 3.8) is 0 Å². The fourth-order valence-electron chi connectivity index (χ4n) is 1.20. The smallest absolute Gasteiger partial charge is 0.258 e. The lowest BCUT2D eigenvalue weighted by molar-refractivity contribution is -0.0205. The van der Waals surface area contributed by atoms with Gasteiger partial charge in [-0.3, -0.25) is 0 Å². The Kier molecular flexibility index (Phi) is 6.16. The van der Waals surface area contributed by atoms with E-state index in [0.717, 1.165) is 6.42 Å². The van der Waals surface area contributed by atoms with Crippen molar-refractivity contribution >= 4 is 0 Å². The Morgan fingerprint density at radius 2 is 2.00 bits per heavy atom. The minimum Gasteiger partial charge on any atom is -0.383 e. The Hall–Kier alpha value is -0.220. The molecule has 0 amide bonds. The van der Waals surface area contributed by atoms with E-state index >= 15 is 0 Å². The van der Waals surface area contributed by atoms with Gasteiger partial charge in [0.25, 0.3) is 6.43 Å². The summed E-state index contributed by atoms with van der Waals surface area (Å²) in [7, 11) is 1.44. The molecule has 0 aromatic heterocycles. The number of halogens is 2. The molecule has 1 atom stereocenters. The van der Waals surface area contributed by atoms with Crippen LogP contribution in [0.4, 0.5) is 8.78 Å². The van der Waals surface area contributed by atoms with Crippen molar-refractivity contribution in [2.45, 2.75) is 38.7 Å². The monoisotopic (exact) mass is 195 g/mol. The average Bonchev–Trinajstić information content (AvgIpc) is 2.12. The lowest BCUT2D eigenvalue weighted by Gasteiger charge is -2.32. The predicted octanol–water partition coefficient (Wildman–Crippen LogP) is 2.05. The molecule has 1 N–H and O–H groups in total. The summed E-state index contributed by atoms with van der Waals surface area (Å²) >= 11 is 0. The lowest BCUT2D eigenvalue weighted by Crippen LogP contribution is -2.54. The van der Waals surface area contributed by atoms with Crippen LogP contribution in [-0.2, 0) is 4.74 Å². The van der Waals surface area contributed by atoms with Crippen LogP contribution in [0.15, 0.2) is 0 Å². The maximum atomic E-state index is 12.7. The molecule has 0 aromatic carbocycles. The Morgan fingerprint density at radius 3 is 2.31 bits per heavy atom. The standard InChI is InChI=1S/C9H19F2NO/c1-4-6-12-9(5-2,7-13-3)8(10)11/h8,12H,4-7H2,1-3H3. The van der Waals surface area contributed by atoms with Crippen LogP contribution in [-0.4, -0.2) is 32.2 Å². The number of nitrogens with one attached hydrogen (secondary N) is 1. The van der Waals surface area contributed by atoms with Crippen LogP contribution in [0.2, 0.25) is 0 Å². The number of methoxy groups -OCH3 is 1. The molecule has 0 aliphatic rings. The highest BCUT2D eigenvalue weighted by molar-refractivity contribution is 4.89. The molecule has 0 saturated carbocycles. The van der Waals surface area contributed by atoms with Gasteiger partial charge in [0.2, 0.25) is 0 Å². The van der Waals surface area contributed by atoms with Crippen molar-refractivity contribution in [1.82, 2.24) is 5.32 Å². The quantitative estimate of drug-likeness (QED) is 0.671. The van der Waals surface area contributed by atoms with Gasteiger partial charge in [-0.25, -0.2) is 8.78 Å². The minimum atomic E-state index is -2.39. The van der Waals surface area contributed by atoms with Gasteiger partial charge in [-0.2, -0.15) is 0 Å². The van der Waals surface area contributed by atoms with E-state index in [-0.39, 0.29) is 6.61 Å². The van der Waals surface area contributed by atoms with Crippen LogP contribution < -0.4 is 5.32 Å². The molecule has 2 nitrogen and oxygen atoms in total. The van der Waals surface area contributed by atoms with E-state index < -0.39 is 12.0 Å². The maximum Gasteiger partial charge on any atom is 0.258 e. The third kappa shape index (κ3) is 3.56. The molecule has 0 aliphatic carbocycles. The maximum absolute atomic E-state index is 12.7. The number of ether oxygens (including phenoxy) is 1. The molecule has 0 saturated heterocycles. The SMILES string of the molecule is CCCNC(CC)(COC)C(F)F. The van der Waals surface area contributed by atoms with Crippen molar-refractivity contribution in [3.05, 3.63) is 0 Å². The summed E-state index contributed by atoms with van der Waals surface area (Å²) in [5.41, 5.74) is -1.16. The van der Waals surface area contributed by atoms with Gasteiger partial charge in [0, 0.05) is 7.11 Å². The molecule has 0 spiro atoms. The largest absolute Gasteiger partial charge is 0.383 e. The van der Waals surface area contributed by atoms with Gasteiger partial charge in [0.1, 0.15) is 5.54 Å². The minimum absolute atomic E-state index is 0.0567. The van der Waals surface area contributed by atoms with Gasteiger partial charge < -0.3 is 10.1 Å². The second-order valence-corrected chi connectivity index (χ2v) is 3.17. The second kappa shape index (κ2) is 6.27. The highest BCUT2D eigenvalue weighted by atomic mass is 19.3. The molecule has 0 aromatic rings. The van der Waals surface area contributed by atoms with Crippen molar-refractivity contribution in [3.8, 4) is 0 Å². The van der Waals surface area contributed by atoms with Crippen molar-refractivity contribution in [1.29, 1.82) is 0 Å². The van der Waals surface area contributed by atoms with E-state index in [9.17, 15) is 8.78 Å². The van der Waals surface area contributed by atoms with E-state index in [1.165, 1.54) is 7.11 Å².